The van der Waals surface area contributed by atoms with E-state index < -0.39 is 11.4 Å². The zero-order valence-corrected chi connectivity index (χ0v) is 18.9. The third-order valence-corrected chi connectivity index (χ3v) is 6.83. The molecule has 4 aromatic rings. The number of aryl methyl sites for hydroxylation is 1. The Morgan fingerprint density at radius 2 is 2.12 bits per heavy atom. The minimum Gasteiger partial charge on any atom is -0.492 e. The molecule has 0 saturated heterocycles. The largest absolute Gasteiger partial charge is 0.492 e. The normalized spacial score (nSPS) is 13.2. The van der Waals surface area contributed by atoms with E-state index in [2.05, 4.69) is 15.2 Å². The second kappa shape index (κ2) is 7.56. The van der Waals surface area contributed by atoms with Gasteiger partial charge in [-0.3, -0.25) is 9.48 Å². The minimum atomic E-state index is -0.911. The van der Waals surface area contributed by atoms with Gasteiger partial charge in [-0.2, -0.15) is 10.2 Å². The van der Waals surface area contributed by atoms with Gasteiger partial charge in [-0.1, -0.05) is 6.07 Å². The van der Waals surface area contributed by atoms with Gasteiger partial charge in [-0.05, 0) is 38.5 Å². The molecule has 1 aromatic carbocycles. The Kier molecular flexibility index (Phi) is 4.81. The molecule has 0 fully saturated rings. The summed E-state index contributed by atoms with van der Waals surface area (Å²) in [6.07, 6.45) is 5.90. The maximum atomic E-state index is 11.8. The summed E-state index contributed by atoms with van der Waals surface area (Å²) in [7, 11) is 0. The van der Waals surface area contributed by atoms with E-state index in [1.54, 1.807) is 42.4 Å². The summed E-state index contributed by atoms with van der Waals surface area (Å²) in [5.74, 6) is 1.12. The van der Waals surface area contributed by atoms with Crippen molar-refractivity contribution in [2.75, 3.05) is 6.61 Å². The number of fused-ring (bicyclic) bond motifs is 3. The third kappa shape index (κ3) is 3.27. The molecular weight excluding hydrogens is 426 g/mol. The molecule has 1 amide bonds. The molecule has 10 heteroatoms. The molecule has 0 bridgehead atoms. The number of amides is 1. The fraction of sp³-hybridized carbons (Fsp3) is 0.318. The van der Waals surface area contributed by atoms with E-state index in [0.717, 1.165) is 51.9 Å². The molecule has 32 heavy (non-hydrogen) atoms. The van der Waals surface area contributed by atoms with Gasteiger partial charge in [0.1, 0.15) is 17.6 Å². The molecule has 9 nitrogen and oxygen atoms in total. The quantitative estimate of drug-likeness (QED) is 0.501. The second-order valence-electron chi connectivity index (χ2n) is 8.10. The number of hydrogen-bond acceptors (Lipinski definition) is 7. The van der Waals surface area contributed by atoms with E-state index >= 15 is 0 Å². The van der Waals surface area contributed by atoms with Gasteiger partial charge in [0.15, 0.2) is 10.8 Å². The second-order valence-corrected chi connectivity index (χ2v) is 9.18. The Hall–Kier alpha value is -3.53. The van der Waals surface area contributed by atoms with Crippen molar-refractivity contribution in [2.45, 2.75) is 39.3 Å². The molecule has 0 spiro atoms. The van der Waals surface area contributed by atoms with Gasteiger partial charge in [-0.25, -0.2) is 14.6 Å². The monoisotopic (exact) mass is 449 g/mol. The first-order valence-corrected chi connectivity index (χ1v) is 11.2. The van der Waals surface area contributed by atoms with Crippen LogP contribution in [-0.4, -0.2) is 42.0 Å². The van der Waals surface area contributed by atoms with Crippen LogP contribution in [-0.2, 0) is 23.3 Å². The molecule has 1 aliphatic rings. The van der Waals surface area contributed by atoms with Crippen molar-refractivity contribution >= 4 is 17.2 Å². The number of nitrogens with zero attached hydrogens (tertiary/aromatic N) is 6. The molecule has 0 unspecified atom stereocenters. The Morgan fingerprint density at radius 1 is 1.28 bits per heavy atom. The molecule has 5 rings (SSSR count). The number of aromatic nitrogens is 6. The van der Waals surface area contributed by atoms with Gasteiger partial charge in [0.05, 0.1) is 18.5 Å². The summed E-state index contributed by atoms with van der Waals surface area (Å²) in [5, 5.41) is 9.48. The molecule has 0 saturated carbocycles. The van der Waals surface area contributed by atoms with Crippen LogP contribution in [0.15, 0.2) is 36.9 Å². The van der Waals surface area contributed by atoms with Gasteiger partial charge >= 0.3 is 0 Å². The number of carbonyl (C=O) groups excluding carboxylic acids is 1. The summed E-state index contributed by atoms with van der Waals surface area (Å²) in [4.78, 5) is 22.2. The van der Waals surface area contributed by atoms with Crippen molar-refractivity contribution in [1.29, 1.82) is 0 Å². The first-order chi connectivity index (χ1) is 15.4. The van der Waals surface area contributed by atoms with Gasteiger partial charge in [0.2, 0.25) is 5.91 Å². The molecule has 0 atom stereocenters. The average molecular weight is 450 g/mol. The van der Waals surface area contributed by atoms with E-state index in [-0.39, 0.29) is 0 Å². The topological polar surface area (TPSA) is 114 Å². The first-order valence-electron chi connectivity index (χ1n) is 10.4. The van der Waals surface area contributed by atoms with Crippen molar-refractivity contribution in [1.82, 2.24) is 29.5 Å². The zero-order chi connectivity index (χ0) is 22.5. The van der Waals surface area contributed by atoms with E-state index in [1.807, 2.05) is 36.0 Å². The number of ether oxygens (including phenoxy) is 1. The number of thiazole rings is 1. The zero-order valence-electron chi connectivity index (χ0n) is 18.1. The van der Waals surface area contributed by atoms with Crippen LogP contribution in [0.2, 0.25) is 0 Å². The van der Waals surface area contributed by atoms with Crippen molar-refractivity contribution in [2.24, 2.45) is 5.73 Å². The number of primary amides is 1. The SMILES string of the molecule is CCn1ncnc1-c1nc2c(s1)CCOc1cc(-c3cnn(C(C)(C)C(N)=O)c3)ccc1-2. The van der Waals surface area contributed by atoms with Crippen molar-refractivity contribution < 1.29 is 9.53 Å². The summed E-state index contributed by atoms with van der Waals surface area (Å²) in [5.41, 5.74) is 8.32. The standard InChI is InChI=1S/C22H23N7O2S/c1-4-28-19(24-12-26-28)20-27-18-15-6-5-13(9-16(15)31-8-7-17(18)32-20)14-10-25-29(11-14)22(2,3)21(23)30/h5-6,9-12H,4,7-8H2,1-3H3,(H2,23,30). The molecule has 4 heterocycles. The highest BCUT2D eigenvalue weighted by Gasteiger charge is 2.28. The van der Waals surface area contributed by atoms with Crippen LogP contribution in [0.1, 0.15) is 25.6 Å². The molecule has 0 radical (unpaired) electrons. The van der Waals surface area contributed by atoms with E-state index in [9.17, 15) is 4.79 Å². The summed E-state index contributed by atoms with van der Waals surface area (Å²) >= 11 is 1.64. The van der Waals surface area contributed by atoms with Gasteiger partial charge in [-0.15, -0.1) is 11.3 Å². The Morgan fingerprint density at radius 3 is 2.91 bits per heavy atom. The summed E-state index contributed by atoms with van der Waals surface area (Å²) in [6, 6.07) is 6.04. The third-order valence-electron chi connectivity index (χ3n) is 5.72. The maximum absolute atomic E-state index is 11.8. The smallest absolute Gasteiger partial charge is 0.244 e. The number of carbonyl (C=O) groups is 1. The highest BCUT2D eigenvalue weighted by atomic mass is 32.1. The number of nitrogens with two attached hydrogens (primary N) is 1. The van der Waals surface area contributed by atoms with Crippen molar-refractivity contribution in [3.63, 3.8) is 0 Å². The van der Waals surface area contributed by atoms with E-state index in [0.29, 0.717) is 6.61 Å². The van der Waals surface area contributed by atoms with Crippen LogP contribution < -0.4 is 10.5 Å². The molecular formula is C22H23N7O2S. The lowest BCUT2D eigenvalue weighted by Crippen LogP contribution is -2.41. The van der Waals surface area contributed by atoms with Crippen LogP contribution in [0.25, 0.3) is 33.2 Å². The van der Waals surface area contributed by atoms with E-state index in [1.165, 1.54) is 4.88 Å². The lowest BCUT2D eigenvalue weighted by atomic mass is 10.0. The van der Waals surface area contributed by atoms with Gasteiger partial charge in [0, 0.05) is 35.2 Å². The fourth-order valence-electron chi connectivity index (χ4n) is 3.65. The average Bonchev–Trinajstić information content (AvgIpc) is 3.51. The fourth-order valence-corrected chi connectivity index (χ4v) is 4.71. The number of hydrogen-bond donors (Lipinski definition) is 1. The molecule has 2 N–H and O–H groups in total. The number of rotatable bonds is 5. The lowest BCUT2D eigenvalue weighted by Gasteiger charge is -2.20. The minimum absolute atomic E-state index is 0.441. The Bertz CT molecular complexity index is 1320. The molecule has 164 valence electrons. The first kappa shape index (κ1) is 20.4. The lowest BCUT2D eigenvalue weighted by molar-refractivity contribution is -0.125. The maximum Gasteiger partial charge on any atom is 0.244 e. The van der Waals surface area contributed by atoms with Crippen LogP contribution >= 0.6 is 11.3 Å². The van der Waals surface area contributed by atoms with Crippen LogP contribution in [0.3, 0.4) is 0 Å². The highest BCUT2D eigenvalue weighted by molar-refractivity contribution is 7.15. The Balaban J connectivity index is 1.53. The van der Waals surface area contributed by atoms with Crippen molar-refractivity contribution in [3.8, 4) is 39.0 Å². The van der Waals surface area contributed by atoms with Crippen LogP contribution in [0.4, 0.5) is 0 Å². The predicted octanol–water partition coefficient (Wildman–Crippen LogP) is 3.11. The molecule has 1 aliphatic heterocycles. The molecule has 0 aliphatic carbocycles. The van der Waals surface area contributed by atoms with Gasteiger partial charge in [0.25, 0.3) is 0 Å². The van der Waals surface area contributed by atoms with Crippen LogP contribution in [0, 0.1) is 0 Å². The summed E-state index contributed by atoms with van der Waals surface area (Å²) in [6.45, 7) is 6.83. The van der Waals surface area contributed by atoms with Gasteiger partial charge < -0.3 is 10.5 Å². The highest BCUT2D eigenvalue weighted by Crippen LogP contribution is 2.41. The predicted molar refractivity (Wildman–Crippen MR) is 121 cm³/mol. The van der Waals surface area contributed by atoms with Crippen LogP contribution in [0.5, 0.6) is 5.75 Å². The van der Waals surface area contributed by atoms with E-state index in [4.69, 9.17) is 15.5 Å². The Labute approximate surface area is 188 Å². The molecule has 3 aromatic heterocycles. The van der Waals surface area contributed by atoms with Crippen molar-refractivity contribution in [3.05, 3.63) is 41.8 Å². The summed E-state index contributed by atoms with van der Waals surface area (Å²) < 4.78 is 9.51. The number of benzene rings is 1.